The number of carbonyl (C=O) groups is 1. The molecular weight excluding hydrogens is 466 g/mol. The second kappa shape index (κ2) is 9.74. The fourth-order valence-electron chi connectivity index (χ4n) is 4.47. The summed E-state index contributed by atoms with van der Waals surface area (Å²) in [4.78, 5) is 31.1. The SMILES string of the molecule is Cn1c(=O)c(C=C2SC(=S)N(CCc3ccccc3)C2=O)c(N2CCOCC2)c2ccccc21. The van der Waals surface area contributed by atoms with E-state index in [1.807, 2.05) is 54.6 Å². The zero-order valence-corrected chi connectivity index (χ0v) is 20.5. The highest BCUT2D eigenvalue weighted by atomic mass is 32.2. The number of hydrogen-bond acceptors (Lipinski definition) is 6. The monoisotopic (exact) mass is 491 g/mol. The van der Waals surface area contributed by atoms with E-state index in [0.29, 0.717) is 47.6 Å². The maximum atomic E-state index is 13.5. The fraction of sp³-hybridized carbons (Fsp3) is 0.269. The number of thioether (sulfide) groups is 1. The number of fused-ring (bicyclic) bond motifs is 1. The second-order valence-corrected chi connectivity index (χ2v) is 9.99. The van der Waals surface area contributed by atoms with Gasteiger partial charge in [0.15, 0.2) is 0 Å². The lowest BCUT2D eigenvalue weighted by Gasteiger charge is -2.31. The van der Waals surface area contributed by atoms with E-state index in [-0.39, 0.29) is 11.5 Å². The van der Waals surface area contributed by atoms with Gasteiger partial charge in [-0.05, 0) is 24.1 Å². The molecule has 0 aliphatic carbocycles. The summed E-state index contributed by atoms with van der Waals surface area (Å²) in [6.45, 7) is 3.10. The molecule has 0 saturated carbocycles. The minimum absolute atomic E-state index is 0.130. The Labute approximate surface area is 207 Å². The number of nitrogens with zero attached hydrogens (tertiary/aromatic N) is 3. The first-order valence-corrected chi connectivity index (χ1v) is 12.5. The summed E-state index contributed by atoms with van der Waals surface area (Å²) in [6.07, 6.45) is 2.46. The van der Waals surface area contributed by atoms with Gasteiger partial charge < -0.3 is 14.2 Å². The molecule has 2 fully saturated rings. The lowest BCUT2D eigenvalue weighted by atomic mass is 10.1. The third kappa shape index (κ3) is 4.29. The van der Waals surface area contributed by atoms with Gasteiger partial charge in [-0.25, -0.2) is 0 Å². The summed E-state index contributed by atoms with van der Waals surface area (Å²) in [5.74, 6) is -0.144. The topological polar surface area (TPSA) is 54.8 Å². The van der Waals surface area contributed by atoms with Gasteiger partial charge in [-0.3, -0.25) is 14.5 Å². The predicted octanol–water partition coefficient (Wildman–Crippen LogP) is 3.82. The van der Waals surface area contributed by atoms with Crippen LogP contribution in [0.1, 0.15) is 11.1 Å². The lowest BCUT2D eigenvalue weighted by Crippen LogP contribution is -2.38. The van der Waals surface area contributed by atoms with Crippen molar-refractivity contribution in [3.63, 3.8) is 0 Å². The minimum Gasteiger partial charge on any atom is -0.378 e. The number of ether oxygens (including phenoxy) is 1. The van der Waals surface area contributed by atoms with Crippen LogP contribution in [0.3, 0.4) is 0 Å². The zero-order valence-electron chi connectivity index (χ0n) is 18.9. The molecular formula is C26H25N3O3S2. The Morgan fingerprint density at radius 3 is 2.50 bits per heavy atom. The molecule has 8 heteroatoms. The maximum absolute atomic E-state index is 13.5. The van der Waals surface area contributed by atoms with Crippen molar-refractivity contribution in [2.24, 2.45) is 7.05 Å². The van der Waals surface area contributed by atoms with Crippen LogP contribution in [0.2, 0.25) is 0 Å². The number of aromatic nitrogens is 1. The number of hydrogen-bond donors (Lipinski definition) is 0. The number of anilines is 1. The first-order chi connectivity index (χ1) is 16.5. The van der Waals surface area contributed by atoms with Crippen LogP contribution in [-0.2, 0) is 23.0 Å². The van der Waals surface area contributed by atoms with E-state index in [1.165, 1.54) is 11.8 Å². The van der Waals surface area contributed by atoms with Gasteiger partial charge in [-0.2, -0.15) is 0 Å². The summed E-state index contributed by atoms with van der Waals surface area (Å²) < 4.78 is 7.73. The van der Waals surface area contributed by atoms with E-state index in [0.717, 1.165) is 28.6 Å². The number of carbonyl (C=O) groups excluding carboxylic acids is 1. The minimum atomic E-state index is -0.144. The number of para-hydroxylation sites is 1. The molecule has 1 amide bonds. The molecule has 2 aliphatic rings. The van der Waals surface area contributed by atoms with Crippen molar-refractivity contribution in [2.45, 2.75) is 6.42 Å². The smallest absolute Gasteiger partial charge is 0.266 e. The van der Waals surface area contributed by atoms with Crippen molar-refractivity contribution >= 4 is 56.9 Å². The summed E-state index contributed by atoms with van der Waals surface area (Å²) >= 11 is 6.80. The molecule has 174 valence electrons. The average molecular weight is 492 g/mol. The van der Waals surface area contributed by atoms with E-state index in [4.69, 9.17) is 17.0 Å². The fourth-order valence-corrected chi connectivity index (χ4v) is 5.76. The number of thiocarbonyl (C=S) groups is 1. The second-order valence-electron chi connectivity index (χ2n) is 8.31. The molecule has 1 aromatic heterocycles. The Balaban J connectivity index is 1.54. The highest BCUT2D eigenvalue weighted by molar-refractivity contribution is 8.26. The Hall–Kier alpha value is -2.94. The summed E-state index contributed by atoms with van der Waals surface area (Å²) in [5, 5.41) is 0.984. The van der Waals surface area contributed by atoms with Crippen molar-refractivity contribution in [3.8, 4) is 0 Å². The molecule has 0 spiro atoms. The van der Waals surface area contributed by atoms with E-state index >= 15 is 0 Å². The van der Waals surface area contributed by atoms with E-state index < -0.39 is 0 Å². The highest BCUT2D eigenvalue weighted by Crippen LogP contribution is 2.36. The molecule has 5 rings (SSSR count). The Bertz CT molecular complexity index is 1340. The number of pyridine rings is 1. The molecule has 3 aromatic rings. The molecule has 0 radical (unpaired) electrons. The van der Waals surface area contributed by atoms with Crippen molar-refractivity contribution in [3.05, 3.63) is 81.0 Å². The van der Waals surface area contributed by atoms with Crippen LogP contribution in [0, 0.1) is 0 Å². The molecule has 6 nitrogen and oxygen atoms in total. The van der Waals surface area contributed by atoms with Gasteiger partial charge in [0.05, 0.1) is 34.9 Å². The van der Waals surface area contributed by atoms with Gasteiger partial charge in [-0.15, -0.1) is 0 Å². The van der Waals surface area contributed by atoms with Crippen molar-refractivity contribution in [1.82, 2.24) is 9.47 Å². The summed E-state index contributed by atoms with van der Waals surface area (Å²) in [6, 6.07) is 17.9. The molecule has 3 heterocycles. The van der Waals surface area contributed by atoms with Crippen LogP contribution in [0.4, 0.5) is 5.69 Å². The number of morpholine rings is 1. The van der Waals surface area contributed by atoms with Gasteiger partial charge in [0.2, 0.25) is 0 Å². The Kier molecular flexibility index (Phi) is 6.54. The predicted molar refractivity (Wildman–Crippen MR) is 142 cm³/mol. The standard InChI is InChI=1S/C26H25N3O3S2/c1-27-21-10-6-5-9-19(21)23(28-13-15-32-16-14-28)20(24(27)30)17-22-25(31)29(26(33)34-22)12-11-18-7-3-2-4-8-18/h2-10,17H,11-16H2,1H3. The third-order valence-electron chi connectivity index (χ3n) is 6.25. The maximum Gasteiger partial charge on any atom is 0.266 e. The van der Waals surface area contributed by atoms with Gasteiger partial charge >= 0.3 is 0 Å². The first kappa shape index (κ1) is 22.8. The zero-order chi connectivity index (χ0) is 23.7. The van der Waals surface area contributed by atoms with Crippen molar-refractivity contribution in [1.29, 1.82) is 0 Å². The Morgan fingerprint density at radius 1 is 1.03 bits per heavy atom. The molecule has 0 unspecified atom stereocenters. The van der Waals surface area contributed by atoms with Gasteiger partial charge in [0, 0.05) is 32.1 Å². The highest BCUT2D eigenvalue weighted by Gasteiger charge is 2.33. The summed E-state index contributed by atoms with van der Waals surface area (Å²) in [7, 11) is 1.77. The van der Waals surface area contributed by atoms with Crippen LogP contribution in [0.15, 0.2) is 64.3 Å². The van der Waals surface area contributed by atoms with Gasteiger partial charge in [-0.1, -0.05) is 72.5 Å². The van der Waals surface area contributed by atoms with Crippen molar-refractivity contribution in [2.75, 3.05) is 37.7 Å². The quantitative estimate of drug-likeness (QED) is 0.400. The van der Waals surface area contributed by atoms with Crippen molar-refractivity contribution < 1.29 is 9.53 Å². The van der Waals surface area contributed by atoms with E-state index in [9.17, 15) is 9.59 Å². The average Bonchev–Trinajstić information content (AvgIpc) is 3.14. The van der Waals surface area contributed by atoms with Gasteiger partial charge in [0.1, 0.15) is 4.32 Å². The lowest BCUT2D eigenvalue weighted by molar-refractivity contribution is -0.122. The number of benzene rings is 2. The van der Waals surface area contributed by atoms with Crippen LogP contribution in [0.25, 0.3) is 17.0 Å². The molecule has 2 aromatic carbocycles. The Morgan fingerprint density at radius 2 is 1.74 bits per heavy atom. The number of aryl methyl sites for hydroxylation is 1. The molecule has 2 saturated heterocycles. The van der Waals surface area contributed by atoms with E-state index in [1.54, 1.807) is 22.6 Å². The first-order valence-electron chi connectivity index (χ1n) is 11.3. The molecule has 0 atom stereocenters. The van der Waals surface area contributed by atoms with E-state index in [2.05, 4.69) is 4.90 Å². The van der Waals surface area contributed by atoms with Crippen LogP contribution < -0.4 is 10.5 Å². The number of rotatable bonds is 5. The molecule has 2 aliphatic heterocycles. The molecule has 0 N–H and O–H groups in total. The normalized spacial score (nSPS) is 17.9. The largest absolute Gasteiger partial charge is 0.378 e. The van der Waals surface area contributed by atoms with Crippen LogP contribution >= 0.6 is 24.0 Å². The number of amides is 1. The molecule has 34 heavy (non-hydrogen) atoms. The third-order valence-corrected chi connectivity index (χ3v) is 7.63. The van der Waals surface area contributed by atoms with Gasteiger partial charge in [0.25, 0.3) is 11.5 Å². The van der Waals surface area contributed by atoms with Crippen LogP contribution in [0.5, 0.6) is 0 Å². The molecule has 0 bridgehead atoms. The summed E-state index contributed by atoms with van der Waals surface area (Å²) in [5.41, 5.74) is 3.26. The van der Waals surface area contributed by atoms with Crippen LogP contribution in [-0.4, -0.2) is 52.5 Å².